The van der Waals surface area contributed by atoms with Crippen LogP contribution in [0.2, 0.25) is 0 Å². The van der Waals surface area contributed by atoms with E-state index in [4.69, 9.17) is 0 Å². The lowest BCUT2D eigenvalue weighted by atomic mass is 10.2. The van der Waals surface area contributed by atoms with Crippen molar-refractivity contribution < 1.29 is 13.2 Å². The lowest BCUT2D eigenvalue weighted by molar-refractivity contribution is -0.114. The maximum atomic E-state index is 12.6. The summed E-state index contributed by atoms with van der Waals surface area (Å²) in [6.07, 6.45) is 4.94. The molecule has 0 aliphatic carbocycles. The fraction of sp³-hybridized carbons (Fsp3) is 0.350. The number of hydrogen-bond acceptors (Lipinski definition) is 4. The maximum absolute atomic E-state index is 12.6. The molecule has 0 aromatic heterocycles. The minimum absolute atomic E-state index is 0.146. The Morgan fingerprint density at radius 2 is 1.41 bits per heavy atom. The second-order valence-corrected chi connectivity index (χ2v) is 8.44. The normalized spacial score (nSPS) is 15.1. The van der Waals surface area contributed by atoms with Crippen LogP contribution in [0.3, 0.4) is 0 Å². The topological polar surface area (TPSA) is 78.5 Å². The number of carbonyl (C=O) groups excluding carboxylic acids is 1. The summed E-state index contributed by atoms with van der Waals surface area (Å²) in [5.74, 6) is -0.201. The molecule has 3 rings (SSSR count). The van der Waals surface area contributed by atoms with Crippen LogP contribution in [0, 0.1) is 0 Å². The first-order chi connectivity index (χ1) is 12.9. The summed E-state index contributed by atoms with van der Waals surface area (Å²) in [5, 5.41) is 2.62. The van der Waals surface area contributed by atoms with E-state index in [9.17, 15) is 13.2 Å². The lowest BCUT2D eigenvalue weighted by Gasteiger charge is -2.22. The summed E-state index contributed by atoms with van der Waals surface area (Å²) in [4.78, 5) is 13.6. The van der Waals surface area contributed by atoms with E-state index in [1.807, 2.05) is 12.1 Å². The molecule has 0 atom stereocenters. The number of nitrogens with one attached hydrogen (secondary N) is 2. The van der Waals surface area contributed by atoms with Crippen LogP contribution in [-0.4, -0.2) is 27.4 Å². The van der Waals surface area contributed by atoms with Gasteiger partial charge in [-0.05, 0) is 61.4 Å². The van der Waals surface area contributed by atoms with E-state index in [2.05, 4.69) is 14.9 Å². The third-order valence-corrected chi connectivity index (χ3v) is 5.97. The number of sulfonamides is 1. The van der Waals surface area contributed by atoms with Crippen molar-refractivity contribution in [2.24, 2.45) is 0 Å². The first-order valence-electron chi connectivity index (χ1n) is 9.19. The molecule has 7 heteroatoms. The van der Waals surface area contributed by atoms with Crippen molar-refractivity contribution in [3.8, 4) is 0 Å². The predicted octanol–water partition coefficient (Wildman–Crippen LogP) is 3.83. The van der Waals surface area contributed by atoms with E-state index in [0.717, 1.165) is 18.8 Å². The summed E-state index contributed by atoms with van der Waals surface area (Å²) in [7, 11) is -3.68. The molecule has 0 unspecified atom stereocenters. The quantitative estimate of drug-likeness (QED) is 0.817. The van der Waals surface area contributed by atoms with Gasteiger partial charge in [-0.2, -0.15) is 0 Å². The molecule has 0 saturated carbocycles. The Balaban J connectivity index is 1.69. The van der Waals surface area contributed by atoms with Crippen molar-refractivity contribution in [2.45, 2.75) is 37.5 Å². The molecule has 27 heavy (non-hydrogen) atoms. The van der Waals surface area contributed by atoms with Gasteiger partial charge in [0.2, 0.25) is 5.91 Å². The summed E-state index contributed by atoms with van der Waals surface area (Å²) in [5.41, 5.74) is 2.21. The van der Waals surface area contributed by atoms with Crippen molar-refractivity contribution in [1.29, 1.82) is 0 Å². The van der Waals surface area contributed by atoms with Crippen LogP contribution in [0.4, 0.5) is 17.1 Å². The van der Waals surface area contributed by atoms with Crippen molar-refractivity contribution in [2.75, 3.05) is 28.0 Å². The molecule has 1 amide bonds. The van der Waals surface area contributed by atoms with Crippen LogP contribution in [0.25, 0.3) is 0 Å². The van der Waals surface area contributed by atoms with E-state index in [1.165, 1.54) is 44.7 Å². The van der Waals surface area contributed by atoms with Crippen LogP contribution in [0.5, 0.6) is 0 Å². The van der Waals surface area contributed by atoms with Gasteiger partial charge in [0, 0.05) is 37.1 Å². The molecule has 2 N–H and O–H groups in total. The second-order valence-electron chi connectivity index (χ2n) is 6.76. The zero-order valence-corrected chi connectivity index (χ0v) is 16.3. The highest BCUT2D eigenvalue weighted by atomic mass is 32.2. The maximum Gasteiger partial charge on any atom is 0.261 e. The molecule has 1 saturated heterocycles. The van der Waals surface area contributed by atoms with E-state index >= 15 is 0 Å². The standard InChI is InChI=1S/C20H25N3O3S/c1-16(24)21-17-8-12-20(13-9-17)27(25,26)22-18-6-10-19(11-7-18)23-14-4-2-3-5-15-23/h6-13,22H,2-5,14-15H2,1H3,(H,21,24). The molecule has 0 spiro atoms. The van der Waals surface area contributed by atoms with Gasteiger partial charge >= 0.3 is 0 Å². The molecule has 0 radical (unpaired) electrons. The molecule has 1 aliphatic heterocycles. The van der Waals surface area contributed by atoms with Crippen LogP contribution in [0.1, 0.15) is 32.6 Å². The second kappa shape index (κ2) is 8.43. The first kappa shape index (κ1) is 19.2. The molecule has 1 fully saturated rings. The highest BCUT2D eigenvalue weighted by Gasteiger charge is 2.15. The number of nitrogens with zero attached hydrogens (tertiary/aromatic N) is 1. The van der Waals surface area contributed by atoms with Gasteiger partial charge in [0.25, 0.3) is 10.0 Å². The molecule has 144 valence electrons. The number of hydrogen-bond donors (Lipinski definition) is 2. The van der Waals surface area contributed by atoms with Gasteiger partial charge in [-0.25, -0.2) is 8.42 Å². The number of anilines is 3. The fourth-order valence-electron chi connectivity index (χ4n) is 3.20. The fourth-order valence-corrected chi connectivity index (χ4v) is 4.26. The van der Waals surface area contributed by atoms with E-state index < -0.39 is 10.0 Å². The van der Waals surface area contributed by atoms with E-state index in [1.54, 1.807) is 24.3 Å². The molecule has 6 nitrogen and oxygen atoms in total. The molecule has 2 aromatic carbocycles. The first-order valence-corrected chi connectivity index (χ1v) is 10.7. The SMILES string of the molecule is CC(=O)Nc1ccc(S(=O)(=O)Nc2ccc(N3CCCCCC3)cc2)cc1. The average molecular weight is 388 g/mol. The average Bonchev–Trinajstić information content (AvgIpc) is 2.91. The van der Waals surface area contributed by atoms with Crippen LogP contribution in [-0.2, 0) is 14.8 Å². The molecular formula is C20H25N3O3S. The Hall–Kier alpha value is -2.54. The largest absolute Gasteiger partial charge is 0.372 e. The molecule has 1 aliphatic rings. The molecule has 0 bridgehead atoms. The van der Waals surface area contributed by atoms with Crippen molar-refractivity contribution in [3.05, 3.63) is 48.5 Å². The van der Waals surface area contributed by atoms with Crippen LogP contribution < -0.4 is 14.9 Å². The summed E-state index contributed by atoms with van der Waals surface area (Å²) in [6, 6.07) is 13.6. The number of rotatable bonds is 5. The number of amides is 1. The third kappa shape index (κ3) is 5.23. The Labute approximate surface area is 160 Å². The van der Waals surface area contributed by atoms with Gasteiger partial charge in [-0.15, -0.1) is 0 Å². The Morgan fingerprint density at radius 1 is 0.852 bits per heavy atom. The van der Waals surface area contributed by atoms with E-state index in [0.29, 0.717) is 11.4 Å². The summed E-state index contributed by atoms with van der Waals surface area (Å²) in [6.45, 7) is 3.50. The van der Waals surface area contributed by atoms with Crippen molar-refractivity contribution in [1.82, 2.24) is 0 Å². The van der Waals surface area contributed by atoms with Gasteiger partial charge in [0.1, 0.15) is 0 Å². The Morgan fingerprint density at radius 3 is 1.96 bits per heavy atom. The predicted molar refractivity (Wildman–Crippen MR) is 109 cm³/mol. The zero-order chi connectivity index (χ0) is 19.3. The zero-order valence-electron chi connectivity index (χ0n) is 15.4. The third-order valence-electron chi connectivity index (χ3n) is 4.58. The van der Waals surface area contributed by atoms with Gasteiger partial charge in [-0.3, -0.25) is 9.52 Å². The minimum Gasteiger partial charge on any atom is -0.372 e. The van der Waals surface area contributed by atoms with Gasteiger partial charge in [-0.1, -0.05) is 12.8 Å². The summed E-state index contributed by atoms with van der Waals surface area (Å²) < 4.78 is 27.7. The van der Waals surface area contributed by atoms with E-state index in [-0.39, 0.29) is 10.8 Å². The van der Waals surface area contributed by atoms with Gasteiger partial charge in [0.05, 0.1) is 4.90 Å². The van der Waals surface area contributed by atoms with Crippen LogP contribution in [0.15, 0.2) is 53.4 Å². The molecule has 2 aromatic rings. The van der Waals surface area contributed by atoms with Gasteiger partial charge in [0.15, 0.2) is 0 Å². The Kier molecular flexibility index (Phi) is 6.01. The van der Waals surface area contributed by atoms with Gasteiger partial charge < -0.3 is 10.2 Å². The molecule has 1 heterocycles. The highest BCUT2D eigenvalue weighted by Crippen LogP contribution is 2.23. The smallest absolute Gasteiger partial charge is 0.261 e. The number of carbonyl (C=O) groups is 1. The molecular weight excluding hydrogens is 362 g/mol. The van der Waals surface area contributed by atoms with Crippen molar-refractivity contribution >= 4 is 33.0 Å². The Bertz CT molecular complexity index is 870. The van der Waals surface area contributed by atoms with Crippen LogP contribution >= 0.6 is 0 Å². The monoisotopic (exact) mass is 387 g/mol. The lowest BCUT2D eigenvalue weighted by Crippen LogP contribution is -2.23. The number of benzene rings is 2. The highest BCUT2D eigenvalue weighted by molar-refractivity contribution is 7.92. The summed E-state index contributed by atoms with van der Waals surface area (Å²) >= 11 is 0. The van der Waals surface area contributed by atoms with Crippen molar-refractivity contribution in [3.63, 3.8) is 0 Å². The minimum atomic E-state index is -3.68.